The summed E-state index contributed by atoms with van der Waals surface area (Å²) in [6.45, 7) is 15.9. The van der Waals surface area contributed by atoms with Gasteiger partial charge in [0.2, 0.25) is 0 Å². The van der Waals surface area contributed by atoms with Gasteiger partial charge in [0.15, 0.2) is 0 Å². The minimum Gasteiger partial charge on any atom is -0.465 e. The first-order valence-electron chi connectivity index (χ1n) is 9.64. The smallest absolute Gasteiger partial charge is 0.465 e. The van der Waals surface area contributed by atoms with Crippen molar-refractivity contribution in [3.8, 4) is 0 Å². The highest BCUT2D eigenvalue weighted by molar-refractivity contribution is 6.67. The van der Waals surface area contributed by atoms with E-state index in [1.165, 1.54) is 7.11 Å². The van der Waals surface area contributed by atoms with Crippen molar-refractivity contribution in [1.29, 1.82) is 0 Å². The molecular weight excluding hydrogens is 358 g/mol. The molecule has 2 saturated heterocycles. The van der Waals surface area contributed by atoms with Gasteiger partial charge in [-0.3, -0.25) is 0 Å². The molecule has 6 nitrogen and oxygen atoms in total. The first kappa shape index (κ1) is 21.4. The van der Waals surface area contributed by atoms with Crippen LogP contribution in [0.5, 0.6) is 0 Å². The van der Waals surface area contributed by atoms with Crippen molar-refractivity contribution < 1.29 is 28.1 Å². The van der Waals surface area contributed by atoms with E-state index in [0.717, 1.165) is 5.46 Å². The fourth-order valence-corrected chi connectivity index (χ4v) is 3.17. The van der Waals surface area contributed by atoms with E-state index in [0.29, 0.717) is 11.0 Å². The van der Waals surface area contributed by atoms with Crippen LogP contribution in [-0.2, 0) is 23.4 Å². The van der Waals surface area contributed by atoms with Gasteiger partial charge in [-0.15, -0.1) is 0 Å². The zero-order chi connectivity index (χ0) is 21.1. The molecule has 0 aromatic heterocycles. The van der Waals surface area contributed by atoms with E-state index in [2.05, 4.69) is 0 Å². The Bertz CT molecular complexity index is 755. The SMILES string of the molecule is COC(=O)c1ccc(B2OC(C)(C)C(C)(C)O2)cc1B1OC(C)(C)C(C)(C)O1. The maximum Gasteiger partial charge on any atom is 0.495 e. The maximum atomic E-state index is 12.4. The van der Waals surface area contributed by atoms with E-state index >= 15 is 0 Å². The molecule has 2 aliphatic rings. The van der Waals surface area contributed by atoms with E-state index in [1.807, 2.05) is 67.5 Å². The lowest BCUT2D eigenvalue weighted by atomic mass is 9.70. The van der Waals surface area contributed by atoms with Gasteiger partial charge < -0.3 is 23.4 Å². The summed E-state index contributed by atoms with van der Waals surface area (Å²) in [5.74, 6) is -0.440. The third-order valence-corrected chi connectivity index (χ3v) is 6.51. The van der Waals surface area contributed by atoms with Crippen molar-refractivity contribution in [2.24, 2.45) is 0 Å². The van der Waals surface area contributed by atoms with E-state index in [-0.39, 0.29) is 0 Å². The van der Waals surface area contributed by atoms with Gasteiger partial charge in [-0.05, 0) is 72.4 Å². The van der Waals surface area contributed by atoms with Crippen LogP contribution in [0.1, 0.15) is 65.7 Å². The maximum absolute atomic E-state index is 12.4. The highest BCUT2D eigenvalue weighted by Crippen LogP contribution is 2.38. The van der Waals surface area contributed by atoms with Crippen molar-refractivity contribution in [2.75, 3.05) is 7.11 Å². The zero-order valence-electron chi connectivity index (χ0n) is 18.3. The summed E-state index contributed by atoms with van der Waals surface area (Å²) >= 11 is 0. The Morgan fingerprint density at radius 2 is 1.21 bits per heavy atom. The number of methoxy groups -OCH3 is 1. The molecule has 1 aromatic carbocycles. The molecule has 152 valence electrons. The standard InChI is InChI=1S/C20H30B2O6/c1-17(2)18(3,4)26-21(25-17)13-10-11-14(16(23)24-9)15(12-13)22-27-19(5,6)20(7,8)28-22/h10-12H,1-9H3. The molecule has 2 fully saturated rings. The Hall–Kier alpha value is -1.34. The molecule has 0 amide bonds. The van der Waals surface area contributed by atoms with E-state index in [4.69, 9.17) is 23.4 Å². The van der Waals surface area contributed by atoms with Crippen molar-refractivity contribution >= 4 is 31.1 Å². The molecule has 3 rings (SSSR count). The fraction of sp³-hybridized carbons (Fsp3) is 0.650. The van der Waals surface area contributed by atoms with Crippen LogP contribution in [0.2, 0.25) is 0 Å². The van der Waals surface area contributed by atoms with Crippen LogP contribution >= 0.6 is 0 Å². The van der Waals surface area contributed by atoms with E-state index < -0.39 is 42.6 Å². The second kappa shape index (κ2) is 6.59. The largest absolute Gasteiger partial charge is 0.495 e. The molecule has 8 heteroatoms. The number of hydrogen-bond donors (Lipinski definition) is 0. The molecule has 0 bridgehead atoms. The Balaban J connectivity index is 2.01. The summed E-state index contributed by atoms with van der Waals surface area (Å²) in [5, 5.41) is 0. The lowest BCUT2D eigenvalue weighted by Gasteiger charge is -2.32. The Morgan fingerprint density at radius 3 is 1.64 bits per heavy atom. The molecule has 0 spiro atoms. The first-order valence-corrected chi connectivity index (χ1v) is 9.64. The summed E-state index contributed by atoms with van der Waals surface area (Å²) in [5.41, 5.74) is -0.140. The molecule has 0 N–H and O–H groups in total. The normalized spacial score (nSPS) is 24.5. The van der Waals surface area contributed by atoms with Crippen LogP contribution in [0.15, 0.2) is 18.2 Å². The number of carbonyl (C=O) groups excluding carboxylic acids is 1. The van der Waals surface area contributed by atoms with E-state index in [9.17, 15) is 4.79 Å². The summed E-state index contributed by atoms with van der Waals surface area (Å²) in [6.07, 6.45) is 0. The molecule has 28 heavy (non-hydrogen) atoms. The van der Waals surface area contributed by atoms with Crippen LogP contribution in [0.4, 0.5) is 0 Å². The number of ether oxygens (including phenoxy) is 1. The van der Waals surface area contributed by atoms with Gasteiger partial charge in [0.05, 0.1) is 35.1 Å². The van der Waals surface area contributed by atoms with Gasteiger partial charge in [0.1, 0.15) is 0 Å². The van der Waals surface area contributed by atoms with Crippen molar-refractivity contribution in [1.82, 2.24) is 0 Å². The molecule has 1 aromatic rings. The quantitative estimate of drug-likeness (QED) is 0.584. The summed E-state index contributed by atoms with van der Waals surface area (Å²) < 4.78 is 29.6. The molecule has 0 saturated carbocycles. The average Bonchev–Trinajstić information content (AvgIpc) is 2.93. The molecule has 0 aliphatic carbocycles. The van der Waals surface area contributed by atoms with E-state index in [1.54, 1.807) is 6.07 Å². The second-order valence-electron chi connectivity index (χ2n) is 9.51. The highest BCUT2D eigenvalue weighted by atomic mass is 16.7. The predicted molar refractivity (Wildman–Crippen MR) is 109 cm³/mol. The topological polar surface area (TPSA) is 63.2 Å². The molecular formula is C20H30B2O6. The van der Waals surface area contributed by atoms with Gasteiger partial charge >= 0.3 is 20.2 Å². The first-order chi connectivity index (χ1) is 12.7. The van der Waals surface area contributed by atoms with Crippen LogP contribution < -0.4 is 10.9 Å². The van der Waals surface area contributed by atoms with Crippen LogP contribution in [0.25, 0.3) is 0 Å². The number of rotatable bonds is 3. The Labute approximate surface area is 168 Å². The average molecular weight is 388 g/mol. The molecule has 0 radical (unpaired) electrons. The fourth-order valence-electron chi connectivity index (χ4n) is 3.17. The molecule has 0 unspecified atom stereocenters. The number of hydrogen-bond acceptors (Lipinski definition) is 6. The molecule has 2 aliphatic heterocycles. The van der Waals surface area contributed by atoms with Crippen molar-refractivity contribution in [3.63, 3.8) is 0 Å². The third-order valence-electron chi connectivity index (χ3n) is 6.51. The lowest BCUT2D eigenvalue weighted by Crippen LogP contribution is -2.43. The van der Waals surface area contributed by atoms with Crippen molar-refractivity contribution in [2.45, 2.75) is 77.8 Å². The monoisotopic (exact) mass is 388 g/mol. The summed E-state index contributed by atoms with van der Waals surface area (Å²) in [7, 11) is 0.123. The molecule has 0 atom stereocenters. The minimum atomic E-state index is -0.693. The van der Waals surface area contributed by atoms with Gasteiger partial charge in [0.25, 0.3) is 0 Å². The Kier molecular flexibility index (Phi) is 5.03. The zero-order valence-corrected chi connectivity index (χ0v) is 18.3. The molecule has 2 heterocycles. The van der Waals surface area contributed by atoms with Crippen molar-refractivity contribution in [3.05, 3.63) is 23.8 Å². The third kappa shape index (κ3) is 3.41. The summed E-state index contributed by atoms with van der Waals surface area (Å²) in [4.78, 5) is 12.4. The Morgan fingerprint density at radius 1 is 0.786 bits per heavy atom. The number of esters is 1. The van der Waals surface area contributed by atoms with Crippen LogP contribution in [0, 0.1) is 0 Å². The highest BCUT2D eigenvalue weighted by Gasteiger charge is 2.54. The number of benzene rings is 1. The summed E-state index contributed by atoms with van der Waals surface area (Å²) in [6, 6.07) is 5.40. The van der Waals surface area contributed by atoms with Gasteiger partial charge in [-0.1, -0.05) is 12.1 Å². The van der Waals surface area contributed by atoms with Crippen LogP contribution in [0.3, 0.4) is 0 Å². The second-order valence-corrected chi connectivity index (χ2v) is 9.51. The number of carbonyl (C=O) groups is 1. The minimum absolute atomic E-state index is 0.404. The van der Waals surface area contributed by atoms with Gasteiger partial charge in [0, 0.05) is 0 Å². The lowest BCUT2D eigenvalue weighted by molar-refractivity contribution is 0.00578. The van der Waals surface area contributed by atoms with Gasteiger partial charge in [-0.2, -0.15) is 0 Å². The predicted octanol–water partition coefficient (Wildman–Crippen LogP) is 2.07. The van der Waals surface area contributed by atoms with Gasteiger partial charge in [-0.25, -0.2) is 4.79 Å². The van der Waals surface area contributed by atoms with Crippen LogP contribution in [-0.4, -0.2) is 49.7 Å².